The van der Waals surface area contributed by atoms with Crippen molar-refractivity contribution in [3.63, 3.8) is 0 Å². The van der Waals surface area contributed by atoms with Crippen molar-refractivity contribution in [2.45, 2.75) is 36.6 Å². The number of carbonyl (C=O) groups is 2. The topological polar surface area (TPSA) is 393 Å². The van der Waals surface area contributed by atoms with Crippen LogP contribution in [0, 0.1) is 20.2 Å². The van der Waals surface area contributed by atoms with Crippen LogP contribution in [-0.4, -0.2) is 95.7 Å². The summed E-state index contributed by atoms with van der Waals surface area (Å²) in [5.74, 6) is -8.44. The van der Waals surface area contributed by atoms with Gasteiger partial charge in [0.15, 0.2) is 17.3 Å². The van der Waals surface area contributed by atoms with E-state index >= 15 is 0 Å². The van der Waals surface area contributed by atoms with Crippen molar-refractivity contribution in [2.24, 2.45) is 17.2 Å². The van der Waals surface area contributed by atoms with E-state index in [-0.39, 0.29) is 35.5 Å². The van der Waals surface area contributed by atoms with E-state index in [1.54, 1.807) is 0 Å². The van der Waals surface area contributed by atoms with Crippen molar-refractivity contribution in [1.29, 1.82) is 0 Å². The van der Waals surface area contributed by atoms with Crippen LogP contribution in [0.1, 0.15) is 35.6 Å². The number of nitrogens with zero attached hydrogens (tertiary/aromatic N) is 2. The molecule has 0 heterocycles. The van der Waals surface area contributed by atoms with E-state index < -0.39 is 95.4 Å². The summed E-state index contributed by atoms with van der Waals surface area (Å²) < 4.78 is 34.0. The number of nitro groups is 2. The number of rotatable bonds is 16. The third kappa shape index (κ3) is 10.8. The molecule has 0 aliphatic heterocycles. The van der Waals surface area contributed by atoms with Crippen molar-refractivity contribution in [2.75, 3.05) is 26.5 Å². The van der Waals surface area contributed by atoms with Crippen molar-refractivity contribution in [3.05, 3.63) is 55.6 Å². The highest BCUT2D eigenvalue weighted by Gasteiger charge is 2.35. The quantitative estimate of drug-likeness (QED) is 0.0646. The first-order chi connectivity index (χ1) is 22.0. The second-order valence-electron chi connectivity index (χ2n) is 9.94. The smallest absolute Gasteiger partial charge is 0.320 e. The van der Waals surface area contributed by atoms with E-state index in [1.165, 1.54) is 0 Å². The molecule has 268 valence electrons. The molecular weight excluding hydrogens is 692 g/mol. The molecule has 0 spiro atoms. The highest BCUT2D eigenvalue weighted by Crippen LogP contribution is 2.56. The number of aliphatic hydroxyl groups excluding tert-OH is 1. The van der Waals surface area contributed by atoms with Crippen LogP contribution in [0.5, 0.6) is 23.0 Å². The summed E-state index contributed by atoms with van der Waals surface area (Å²) in [6.45, 7) is 0. The van der Waals surface area contributed by atoms with E-state index in [0.29, 0.717) is 0 Å². The molecule has 0 bridgehead atoms. The lowest BCUT2D eigenvalue weighted by Gasteiger charge is -2.21. The molecule has 6 atom stereocenters. The minimum atomic E-state index is -4.34. The first kappa shape index (κ1) is 41.6. The van der Waals surface area contributed by atoms with Crippen LogP contribution >= 0.6 is 14.7 Å². The highest BCUT2D eigenvalue weighted by atomic mass is 31.2. The lowest BCUT2D eigenvalue weighted by Crippen LogP contribution is -2.31. The summed E-state index contributed by atoms with van der Waals surface area (Å²) in [4.78, 5) is 61.2. The molecule has 0 radical (unpaired) electrons. The molecule has 0 saturated heterocycles. The van der Waals surface area contributed by atoms with Gasteiger partial charge in [-0.1, -0.05) is 0 Å². The number of nitrogens with two attached hydrogens (primary N) is 3. The number of aromatic hydroxyl groups is 2. The Kier molecular flexibility index (Phi) is 14.9. The number of phenolic OH excluding ortho intramolecular Hbond substituents is 2. The van der Waals surface area contributed by atoms with Gasteiger partial charge >= 0.3 is 23.3 Å². The largest absolute Gasteiger partial charge is 0.500 e. The molecule has 0 aromatic heterocycles. The fourth-order valence-corrected chi connectivity index (χ4v) is 6.81. The zero-order valence-corrected chi connectivity index (χ0v) is 27.0. The van der Waals surface area contributed by atoms with Gasteiger partial charge < -0.3 is 62.0 Å². The Morgan fingerprint density at radius 3 is 1.48 bits per heavy atom. The number of phenols is 2. The number of ether oxygens (including phenoxy) is 2. The van der Waals surface area contributed by atoms with Crippen molar-refractivity contribution in [1.82, 2.24) is 0 Å². The number of hydrogen-bond donors (Lipinski definition) is 10. The average Bonchev–Trinajstić information content (AvgIpc) is 3.01. The van der Waals surface area contributed by atoms with Crippen LogP contribution in [0.3, 0.4) is 0 Å². The second-order valence-corrected chi connectivity index (χ2v) is 14.9. The van der Waals surface area contributed by atoms with Crippen molar-refractivity contribution < 1.29 is 73.4 Å². The Bertz CT molecular complexity index is 1510. The molecule has 0 aliphatic rings. The van der Waals surface area contributed by atoms with E-state index in [0.717, 1.165) is 38.5 Å². The van der Waals surface area contributed by atoms with Gasteiger partial charge in [-0.2, -0.15) is 0 Å². The molecule has 2 aromatic rings. The Morgan fingerprint density at radius 2 is 1.12 bits per heavy atom. The molecule has 24 heteroatoms. The molecule has 48 heavy (non-hydrogen) atoms. The lowest BCUT2D eigenvalue weighted by atomic mass is 10.1. The summed E-state index contributed by atoms with van der Waals surface area (Å²) in [5.41, 5.74) is 14.2. The van der Waals surface area contributed by atoms with Gasteiger partial charge in [0.05, 0.1) is 24.1 Å². The molecule has 0 fully saturated rings. The van der Waals surface area contributed by atoms with Gasteiger partial charge in [0.2, 0.25) is 26.2 Å². The molecule has 4 unspecified atom stereocenters. The summed E-state index contributed by atoms with van der Waals surface area (Å²) in [6, 6.07) is 0.966. The van der Waals surface area contributed by atoms with E-state index in [4.69, 9.17) is 36.9 Å². The zero-order chi connectivity index (χ0) is 37.3. The zero-order valence-electron chi connectivity index (χ0n) is 25.2. The summed E-state index contributed by atoms with van der Waals surface area (Å²) in [5, 5.41) is 68.6. The molecule has 0 saturated carbocycles. The Labute approximate surface area is 270 Å². The monoisotopic (exact) mass is 727 g/mol. The fraction of sp³-hybridized carbons (Fsp3) is 0.417. The Morgan fingerprint density at radius 1 is 0.771 bits per heavy atom. The van der Waals surface area contributed by atoms with Crippen molar-refractivity contribution >= 4 is 38.1 Å². The SMILES string of the molecule is COc1cc(C(N)P(=O)(O)CC[C@H](N)C(=O)O)cc([N+](=O)[O-])c1O.COc1cc(C(O)P(=O)(O)CC[C@H](N)C(=O)O)cc([N+](=O)[O-])c1O. The predicted molar refractivity (Wildman–Crippen MR) is 164 cm³/mol. The van der Waals surface area contributed by atoms with Crippen molar-refractivity contribution in [3.8, 4) is 23.0 Å². The summed E-state index contributed by atoms with van der Waals surface area (Å²) >= 11 is 0. The second kappa shape index (κ2) is 17.1. The van der Waals surface area contributed by atoms with Gasteiger partial charge in [0, 0.05) is 30.0 Å². The maximum Gasteiger partial charge on any atom is 0.320 e. The Balaban J connectivity index is 0.000000480. The average molecular weight is 728 g/mol. The maximum absolute atomic E-state index is 12.3. The number of methoxy groups -OCH3 is 2. The van der Waals surface area contributed by atoms with Gasteiger partial charge in [-0.05, 0) is 30.5 Å². The van der Waals surface area contributed by atoms with E-state index in [2.05, 4.69) is 0 Å². The van der Waals surface area contributed by atoms with Crippen LogP contribution in [0.2, 0.25) is 0 Å². The van der Waals surface area contributed by atoms with Gasteiger partial charge in [0.25, 0.3) is 0 Å². The summed E-state index contributed by atoms with van der Waals surface area (Å²) in [7, 11) is -6.20. The van der Waals surface area contributed by atoms with Gasteiger partial charge in [-0.25, -0.2) is 0 Å². The van der Waals surface area contributed by atoms with Crippen LogP contribution in [0.4, 0.5) is 11.4 Å². The number of aliphatic carboxylic acids is 2. The number of hydrogen-bond acceptors (Lipinski definition) is 16. The third-order valence-electron chi connectivity index (χ3n) is 6.60. The minimum Gasteiger partial charge on any atom is -0.500 e. The molecular formula is C24H35N5O17P2. The Hall–Kier alpha value is -4.40. The van der Waals surface area contributed by atoms with Crippen LogP contribution in [-0.2, 0) is 18.7 Å². The van der Waals surface area contributed by atoms with Gasteiger partial charge in [-0.3, -0.25) is 38.9 Å². The standard InChI is InChI=1S/C12H18N3O8P.C12H17N2O9P/c1-23-9-5-6(4-8(10(9)16)15(19)20)11(14)24(21,22)3-2-7(13)12(17)18;1-23-9-5-6(4-8(10(9)15)14(19)20)12(18)24(21,22)3-2-7(13)11(16)17/h4-5,7,11,16H,2-3,13-14H2,1H3,(H,17,18)(H,21,22);4-5,7,12,15,18H,2-3,13H2,1H3,(H,16,17)(H,21,22)/t7-,11?;7-,12?/m00/s1. The van der Waals surface area contributed by atoms with E-state index in [1.807, 2.05) is 0 Å². The fourth-order valence-electron chi connectivity index (χ4n) is 3.76. The molecule has 2 aromatic carbocycles. The number of aliphatic hydroxyl groups is 1. The highest BCUT2D eigenvalue weighted by molar-refractivity contribution is 7.58. The lowest BCUT2D eigenvalue weighted by molar-refractivity contribution is -0.386. The van der Waals surface area contributed by atoms with Gasteiger partial charge in [0.1, 0.15) is 17.9 Å². The van der Waals surface area contributed by atoms with Crippen LogP contribution in [0.15, 0.2) is 24.3 Å². The molecule has 0 amide bonds. The molecule has 0 aliphatic carbocycles. The molecule has 2 rings (SSSR count). The first-order valence-corrected chi connectivity index (χ1v) is 17.0. The van der Waals surface area contributed by atoms with Gasteiger partial charge in [-0.15, -0.1) is 0 Å². The molecule has 13 N–H and O–H groups in total. The number of benzene rings is 2. The maximum atomic E-state index is 12.3. The summed E-state index contributed by atoms with van der Waals surface area (Å²) in [6.07, 6.45) is -1.77. The number of carboxylic acid groups (broad SMARTS) is 2. The van der Waals surface area contributed by atoms with Crippen LogP contribution < -0.4 is 26.7 Å². The minimum absolute atomic E-state index is 0.105. The number of carboxylic acids is 2. The normalized spacial score (nSPS) is 16.0. The molecule has 22 nitrogen and oxygen atoms in total. The number of nitro benzene ring substituents is 2. The third-order valence-corrected chi connectivity index (χ3v) is 10.6. The predicted octanol–water partition coefficient (Wildman–Crippen LogP) is 0.711. The first-order valence-electron chi connectivity index (χ1n) is 13.2. The van der Waals surface area contributed by atoms with Crippen LogP contribution in [0.25, 0.3) is 0 Å². The van der Waals surface area contributed by atoms with E-state index in [9.17, 15) is 64.1 Å².